The zero-order chi connectivity index (χ0) is 9.56. The van der Waals surface area contributed by atoms with Gasteiger partial charge in [0, 0.05) is 0 Å². The number of esters is 1. The molecule has 0 fully saturated rings. The molecule has 0 heterocycles. The second-order valence-corrected chi connectivity index (χ2v) is 4.30. The normalized spacial score (nSPS) is 13.1. The Hall–Kier alpha value is -0.0500. The molecule has 0 saturated heterocycles. The van der Waals surface area contributed by atoms with Gasteiger partial charge < -0.3 is 4.74 Å². The van der Waals surface area contributed by atoms with Crippen molar-refractivity contribution in [3.63, 3.8) is 0 Å². The first kappa shape index (κ1) is 11.9. The van der Waals surface area contributed by atoms with Gasteiger partial charge in [0.1, 0.15) is 4.83 Å². The monoisotopic (exact) mass is 236 g/mol. The van der Waals surface area contributed by atoms with E-state index in [1.165, 1.54) is 0 Å². The molecule has 0 amide bonds. The summed E-state index contributed by atoms with van der Waals surface area (Å²) >= 11 is 3.30. The molecule has 12 heavy (non-hydrogen) atoms. The predicted molar refractivity (Wildman–Crippen MR) is 53.4 cm³/mol. The van der Waals surface area contributed by atoms with Gasteiger partial charge in [-0.25, -0.2) is 0 Å². The van der Waals surface area contributed by atoms with Crippen molar-refractivity contribution in [2.24, 2.45) is 5.92 Å². The Morgan fingerprint density at radius 3 is 2.42 bits per heavy atom. The summed E-state index contributed by atoms with van der Waals surface area (Å²) in [5.41, 5.74) is 0. The summed E-state index contributed by atoms with van der Waals surface area (Å²) in [6.45, 7) is 6.57. The zero-order valence-corrected chi connectivity index (χ0v) is 9.56. The first-order valence-electron chi connectivity index (χ1n) is 4.38. The van der Waals surface area contributed by atoms with Crippen molar-refractivity contribution in [1.82, 2.24) is 0 Å². The van der Waals surface area contributed by atoms with Gasteiger partial charge in [-0.15, -0.1) is 0 Å². The van der Waals surface area contributed by atoms with Crippen LogP contribution in [0.15, 0.2) is 0 Å². The van der Waals surface area contributed by atoms with Gasteiger partial charge in [0.15, 0.2) is 0 Å². The average molecular weight is 237 g/mol. The molecule has 0 aliphatic rings. The molecular weight excluding hydrogens is 220 g/mol. The Morgan fingerprint density at radius 1 is 1.42 bits per heavy atom. The summed E-state index contributed by atoms with van der Waals surface area (Å²) in [4.78, 5) is 11.0. The SMILES string of the molecule is CCOC(=O)[C@H](Br)CCC(C)C. The number of ether oxygens (including phenoxy) is 1. The molecule has 0 aliphatic heterocycles. The Labute approximate surface area is 82.8 Å². The van der Waals surface area contributed by atoms with E-state index in [1.807, 2.05) is 6.92 Å². The number of rotatable bonds is 5. The van der Waals surface area contributed by atoms with Gasteiger partial charge in [0.25, 0.3) is 0 Å². The van der Waals surface area contributed by atoms with E-state index in [9.17, 15) is 4.79 Å². The van der Waals surface area contributed by atoms with Crippen LogP contribution in [0, 0.1) is 5.92 Å². The Kier molecular flexibility index (Phi) is 6.44. The lowest BCUT2D eigenvalue weighted by molar-refractivity contribution is -0.142. The molecule has 0 N–H and O–H groups in total. The van der Waals surface area contributed by atoms with Crippen LogP contribution in [-0.4, -0.2) is 17.4 Å². The highest BCUT2D eigenvalue weighted by atomic mass is 79.9. The number of alkyl halides is 1. The first-order valence-corrected chi connectivity index (χ1v) is 5.30. The Bertz CT molecular complexity index is 134. The molecule has 0 rings (SSSR count). The van der Waals surface area contributed by atoms with Gasteiger partial charge in [0.2, 0.25) is 0 Å². The molecule has 1 atom stereocenters. The van der Waals surface area contributed by atoms with Gasteiger partial charge in [-0.1, -0.05) is 29.8 Å². The maximum Gasteiger partial charge on any atom is 0.319 e. The lowest BCUT2D eigenvalue weighted by atomic mass is 10.1. The van der Waals surface area contributed by atoms with Crippen molar-refractivity contribution in [3.05, 3.63) is 0 Å². The van der Waals surface area contributed by atoms with Crippen molar-refractivity contribution < 1.29 is 9.53 Å². The van der Waals surface area contributed by atoms with Crippen LogP contribution in [0.4, 0.5) is 0 Å². The maximum absolute atomic E-state index is 11.1. The number of carbonyl (C=O) groups excluding carboxylic acids is 1. The zero-order valence-electron chi connectivity index (χ0n) is 7.97. The predicted octanol–water partition coefficient (Wildman–Crippen LogP) is 2.75. The number of carbonyl (C=O) groups is 1. The third-order valence-corrected chi connectivity index (χ3v) is 2.37. The van der Waals surface area contributed by atoms with E-state index in [0.717, 1.165) is 12.8 Å². The smallest absolute Gasteiger partial charge is 0.319 e. The standard InChI is InChI=1S/C9H17BrO2/c1-4-12-9(11)8(10)6-5-7(2)3/h7-8H,4-6H2,1-3H3/t8-/m1/s1. The van der Waals surface area contributed by atoms with E-state index in [4.69, 9.17) is 4.74 Å². The number of hydrogen-bond acceptors (Lipinski definition) is 2. The van der Waals surface area contributed by atoms with Crippen LogP contribution in [0.1, 0.15) is 33.6 Å². The highest BCUT2D eigenvalue weighted by Crippen LogP contribution is 2.14. The highest BCUT2D eigenvalue weighted by Gasteiger charge is 2.15. The molecule has 0 unspecified atom stereocenters. The van der Waals surface area contributed by atoms with Crippen molar-refractivity contribution in [1.29, 1.82) is 0 Å². The van der Waals surface area contributed by atoms with E-state index < -0.39 is 0 Å². The van der Waals surface area contributed by atoms with Crippen molar-refractivity contribution >= 4 is 21.9 Å². The minimum absolute atomic E-state index is 0.125. The van der Waals surface area contributed by atoms with Crippen LogP contribution in [0.5, 0.6) is 0 Å². The minimum atomic E-state index is -0.141. The third kappa shape index (κ3) is 5.58. The van der Waals surface area contributed by atoms with E-state index in [0.29, 0.717) is 12.5 Å². The molecule has 2 nitrogen and oxygen atoms in total. The Morgan fingerprint density at radius 2 is 2.00 bits per heavy atom. The van der Waals surface area contributed by atoms with Crippen LogP contribution in [0.25, 0.3) is 0 Å². The molecule has 0 aromatic heterocycles. The maximum atomic E-state index is 11.1. The molecule has 0 bridgehead atoms. The summed E-state index contributed by atoms with van der Waals surface area (Å²) in [5.74, 6) is 0.498. The average Bonchev–Trinajstić information content (AvgIpc) is 2.00. The van der Waals surface area contributed by atoms with Crippen LogP contribution < -0.4 is 0 Å². The summed E-state index contributed by atoms with van der Waals surface area (Å²) in [5, 5.41) is 0. The van der Waals surface area contributed by atoms with E-state index in [-0.39, 0.29) is 10.8 Å². The molecule has 0 aromatic carbocycles. The van der Waals surface area contributed by atoms with Crippen molar-refractivity contribution in [3.8, 4) is 0 Å². The largest absolute Gasteiger partial charge is 0.465 e. The van der Waals surface area contributed by atoms with Gasteiger partial charge in [-0.05, 0) is 25.7 Å². The molecule has 0 radical (unpaired) electrons. The van der Waals surface area contributed by atoms with Crippen molar-refractivity contribution in [2.75, 3.05) is 6.61 Å². The van der Waals surface area contributed by atoms with Crippen molar-refractivity contribution in [2.45, 2.75) is 38.4 Å². The van der Waals surface area contributed by atoms with Gasteiger partial charge in [-0.2, -0.15) is 0 Å². The summed E-state index contributed by atoms with van der Waals surface area (Å²) in [6, 6.07) is 0. The second-order valence-electron chi connectivity index (χ2n) is 3.19. The molecule has 0 saturated carbocycles. The van der Waals surface area contributed by atoms with Gasteiger partial charge >= 0.3 is 5.97 Å². The van der Waals surface area contributed by atoms with Crippen LogP contribution >= 0.6 is 15.9 Å². The summed E-state index contributed by atoms with van der Waals surface area (Å²) in [7, 11) is 0. The summed E-state index contributed by atoms with van der Waals surface area (Å²) < 4.78 is 4.85. The fourth-order valence-electron chi connectivity index (χ4n) is 0.830. The fraction of sp³-hybridized carbons (Fsp3) is 0.889. The number of hydrogen-bond donors (Lipinski definition) is 0. The second kappa shape index (κ2) is 6.46. The van der Waals surface area contributed by atoms with E-state index >= 15 is 0 Å². The van der Waals surface area contributed by atoms with E-state index in [2.05, 4.69) is 29.8 Å². The van der Waals surface area contributed by atoms with E-state index in [1.54, 1.807) is 0 Å². The summed E-state index contributed by atoms with van der Waals surface area (Å²) in [6.07, 6.45) is 1.91. The molecule has 0 aliphatic carbocycles. The topological polar surface area (TPSA) is 26.3 Å². The van der Waals surface area contributed by atoms with Crippen LogP contribution in [-0.2, 0) is 9.53 Å². The Balaban J connectivity index is 3.56. The molecule has 0 aromatic rings. The van der Waals surface area contributed by atoms with Gasteiger partial charge in [-0.3, -0.25) is 4.79 Å². The number of halogens is 1. The molecular formula is C9H17BrO2. The van der Waals surface area contributed by atoms with Crippen LogP contribution in [0.3, 0.4) is 0 Å². The lowest BCUT2D eigenvalue weighted by Gasteiger charge is -2.09. The van der Waals surface area contributed by atoms with Gasteiger partial charge in [0.05, 0.1) is 6.61 Å². The first-order chi connectivity index (χ1) is 5.57. The molecule has 72 valence electrons. The minimum Gasteiger partial charge on any atom is -0.465 e. The fourth-order valence-corrected chi connectivity index (χ4v) is 1.23. The molecule has 0 spiro atoms. The van der Waals surface area contributed by atoms with Crippen LogP contribution in [0.2, 0.25) is 0 Å². The lowest BCUT2D eigenvalue weighted by Crippen LogP contribution is -2.17. The highest BCUT2D eigenvalue weighted by molar-refractivity contribution is 9.10. The molecule has 3 heteroatoms. The quantitative estimate of drug-likeness (QED) is 0.542. The third-order valence-electron chi connectivity index (χ3n) is 1.54.